The third kappa shape index (κ3) is 3.75. The normalized spacial score (nSPS) is 12.4. The molecule has 0 heterocycles. The molecule has 0 radical (unpaired) electrons. The monoisotopic (exact) mass is 223 g/mol. The van der Waals surface area contributed by atoms with Gasteiger partial charge in [0.15, 0.2) is 0 Å². The highest BCUT2D eigenvalue weighted by Gasteiger charge is 2.27. The average Bonchev–Trinajstić information content (AvgIpc) is 2.02. The van der Waals surface area contributed by atoms with E-state index in [-0.39, 0.29) is 12.8 Å². The Morgan fingerprint density at radius 2 is 1.71 bits per heavy atom. The molecule has 0 saturated carbocycles. The van der Waals surface area contributed by atoms with Crippen molar-refractivity contribution in [2.24, 2.45) is 0 Å². The summed E-state index contributed by atoms with van der Waals surface area (Å²) in [6.45, 7) is -0.175. The number of aliphatic carboxylic acids is 1. The lowest BCUT2D eigenvalue weighted by Gasteiger charge is -2.30. The van der Waals surface area contributed by atoms with E-state index in [1.165, 1.54) is 0 Å². The van der Waals surface area contributed by atoms with Crippen LogP contribution in [0.4, 0.5) is 0 Å². The topological polar surface area (TPSA) is 72.9 Å². The second kappa shape index (κ2) is 5.46. The summed E-state index contributed by atoms with van der Waals surface area (Å²) in [4.78, 5) is 10.2. The van der Waals surface area contributed by atoms with Crippen molar-refractivity contribution in [2.45, 2.75) is 0 Å². The van der Waals surface area contributed by atoms with Gasteiger partial charge in [-0.05, 0) is 28.2 Å². The highest BCUT2D eigenvalue weighted by molar-refractivity contribution is 7.58. The Morgan fingerprint density at radius 3 is 2.00 bits per heavy atom. The Balaban J connectivity index is 4.26. The quantitative estimate of drug-likeness (QED) is 0.614. The zero-order chi connectivity index (χ0) is 11.4. The smallest absolute Gasteiger partial charge is 0.317 e. The molecule has 0 amide bonds. The molecule has 0 aromatic heterocycles. The minimum Gasteiger partial charge on any atom is -0.480 e. The van der Waals surface area contributed by atoms with Crippen LogP contribution >= 0.6 is 7.44 Å². The zero-order valence-corrected chi connectivity index (χ0v) is 9.91. The highest BCUT2D eigenvalue weighted by atomic mass is 31.2. The van der Waals surface area contributed by atoms with Crippen molar-refractivity contribution in [1.29, 1.82) is 0 Å². The van der Waals surface area contributed by atoms with Gasteiger partial charge in [-0.3, -0.25) is 14.7 Å². The molecule has 0 aliphatic carbocycles. The molecule has 0 aromatic rings. The fraction of sp³-hybridized carbons (Fsp3) is 0.857. The summed E-state index contributed by atoms with van der Waals surface area (Å²) >= 11 is 0. The molecule has 0 rings (SSSR count). The van der Waals surface area contributed by atoms with Crippen molar-refractivity contribution in [2.75, 3.05) is 41.0 Å². The third-order valence-corrected chi connectivity index (χ3v) is 4.98. The molecule has 0 fully saturated rings. The van der Waals surface area contributed by atoms with Crippen LogP contribution in [0.1, 0.15) is 0 Å². The van der Waals surface area contributed by atoms with Crippen LogP contribution in [0.5, 0.6) is 0 Å². The van der Waals surface area contributed by atoms with E-state index >= 15 is 0 Å². The Kier molecular flexibility index (Phi) is 5.29. The molecule has 2 N–H and O–H groups in total. The predicted molar refractivity (Wildman–Crippen MR) is 55.5 cm³/mol. The standard InChI is InChI=1S/C7H18N3O3P/c1-9(2)14(13,10(3)4)6-8-5-7(11)12/h8H,5-6H2,1-4H3,(H,11,12). The van der Waals surface area contributed by atoms with Gasteiger partial charge >= 0.3 is 5.97 Å². The van der Waals surface area contributed by atoms with Crippen LogP contribution in [0.3, 0.4) is 0 Å². The van der Waals surface area contributed by atoms with Crippen molar-refractivity contribution < 1.29 is 14.5 Å². The number of hydrogen-bond acceptors (Lipinski definition) is 3. The van der Waals surface area contributed by atoms with Crippen LogP contribution in [0.25, 0.3) is 0 Å². The summed E-state index contributed by atoms with van der Waals surface area (Å²) in [6.07, 6.45) is 0.166. The van der Waals surface area contributed by atoms with Gasteiger partial charge in [0.05, 0.1) is 12.8 Å². The summed E-state index contributed by atoms with van der Waals surface area (Å²) in [5.74, 6) is -0.950. The van der Waals surface area contributed by atoms with E-state index in [0.717, 1.165) is 0 Å². The number of nitrogens with one attached hydrogen (secondary N) is 1. The largest absolute Gasteiger partial charge is 0.480 e. The summed E-state index contributed by atoms with van der Waals surface area (Å²) in [5, 5.41) is 11.1. The highest BCUT2D eigenvalue weighted by Crippen LogP contribution is 2.47. The molecule has 0 aliphatic rings. The molecule has 0 saturated heterocycles. The number of rotatable bonds is 6. The van der Waals surface area contributed by atoms with E-state index in [0.29, 0.717) is 0 Å². The number of nitrogens with zero attached hydrogens (tertiary/aromatic N) is 2. The summed E-state index contributed by atoms with van der Waals surface area (Å²) in [5.41, 5.74) is 0. The van der Waals surface area contributed by atoms with E-state index in [2.05, 4.69) is 5.32 Å². The molecule has 0 atom stereocenters. The van der Waals surface area contributed by atoms with Gasteiger partial charge in [-0.2, -0.15) is 0 Å². The zero-order valence-electron chi connectivity index (χ0n) is 9.02. The van der Waals surface area contributed by atoms with E-state index in [1.807, 2.05) is 0 Å². The summed E-state index contributed by atoms with van der Waals surface area (Å²) in [7, 11) is 4.22. The van der Waals surface area contributed by atoms with Gasteiger partial charge in [0.25, 0.3) is 0 Å². The predicted octanol–water partition coefficient (Wildman–Crippen LogP) is -0.0656. The lowest BCUT2D eigenvalue weighted by molar-refractivity contribution is -0.135. The first kappa shape index (κ1) is 13.6. The van der Waals surface area contributed by atoms with Crippen LogP contribution in [-0.2, 0) is 9.36 Å². The maximum atomic E-state index is 12.2. The van der Waals surface area contributed by atoms with Gasteiger partial charge < -0.3 is 5.11 Å². The van der Waals surface area contributed by atoms with Gasteiger partial charge in [-0.25, -0.2) is 9.34 Å². The van der Waals surface area contributed by atoms with Crippen molar-refractivity contribution in [3.05, 3.63) is 0 Å². The average molecular weight is 223 g/mol. The number of hydrogen-bond donors (Lipinski definition) is 2. The summed E-state index contributed by atoms with van der Waals surface area (Å²) in [6, 6.07) is 0. The number of carboxylic acid groups (broad SMARTS) is 1. The first-order valence-corrected chi connectivity index (χ1v) is 5.97. The SMILES string of the molecule is CN(C)P(=O)(CNCC(=O)O)N(C)C. The minimum absolute atomic E-state index is 0.166. The maximum Gasteiger partial charge on any atom is 0.317 e. The molecule has 84 valence electrons. The van der Waals surface area contributed by atoms with Crippen LogP contribution in [-0.4, -0.2) is 61.4 Å². The summed E-state index contributed by atoms with van der Waals surface area (Å²) < 4.78 is 15.4. The minimum atomic E-state index is -2.63. The van der Waals surface area contributed by atoms with Crippen LogP contribution < -0.4 is 5.32 Å². The molecule has 0 bridgehead atoms. The van der Waals surface area contributed by atoms with Gasteiger partial charge in [0.1, 0.15) is 0 Å². The van der Waals surface area contributed by atoms with E-state index in [4.69, 9.17) is 5.11 Å². The van der Waals surface area contributed by atoms with Crippen molar-refractivity contribution in [1.82, 2.24) is 14.7 Å². The maximum absolute atomic E-state index is 12.2. The lowest BCUT2D eigenvalue weighted by Crippen LogP contribution is -2.31. The van der Waals surface area contributed by atoms with Crippen LogP contribution in [0.15, 0.2) is 0 Å². The first-order valence-electron chi connectivity index (χ1n) is 4.18. The fourth-order valence-corrected chi connectivity index (χ4v) is 2.63. The number of carbonyl (C=O) groups is 1. The Hall–Kier alpha value is -0.420. The molecule has 7 heteroatoms. The Labute approximate surface area is 84.4 Å². The van der Waals surface area contributed by atoms with E-state index in [1.54, 1.807) is 37.5 Å². The molecular weight excluding hydrogens is 205 g/mol. The van der Waals surface area contributed by atoms with Gasteiger partial charge in [0, 0.05) is 0 Å². The van der Waals surface area contributed by atoms with Gasteiger partial charge in [-0.15, -0.1) is 0 Å². The molecule has 0 unspecified atom stereocenters. The second-order valence-corrected chi connectivity index (χ2v) is 6.58. The van der Waals surface area contributed by atoms with Crippen LogP contribution in [0.2, 0.25) is 0 Å². The molecule has 14 heavy (non-hydrogen) atoms. The van der Waals surface area contributed by atoms with Gasteiger partial charge in [0.2, 0.25) is 7.44 Å². The molecule has 0 aliphatic heterocycles. The molecule has 0 spiro atoms. The molecular formula is C7H18N3O3P. The fourth-order valence-electron chi connectivity index (χ4n) is 0.949. The first-order chi connectivity index (χ1) is 6.30. The van der Waals surface area contributed by atoms with Crippen molar-refractivity contribution >= 4 is 13.4 Å². The van der Waals surface area contributed by atoms with E-state index < -0.39 is 13.4 Å². The lowest BCUT2D eigenvalue weighted by atomic mass is 10.7. The van der Waals surface area contributed by atoms with Crippen molar-refractivity contribution in [3.8, 4) is 0 Å². The molecule has 0 aromatic carbocycles. The van der Waals surface area contributed by atoms with E-state index in [9.17, 15) is 9.36 Å². The second-order valence-electron chi connectivity index (χ2n) is 3.34. The van der Waals surface area contributed by atoms with Gasteiger partial charge in [-0.1, -0.05) is 0 Å². The molecule has 6 nitrogen and oxygen atoms in total. The Morgan fingerprint density at radius 1 is 1.29 bits per heavy atom. The van der Waals surface area contributed by atoms with Crippen molar-refractivity contribution in [3.63, 3.8) is 0 Å². The van der Waals surface area contributed by atoms with Crippen LogP contribution in [0, 0.1) is 0 Å². The third-order valence-electron chi connectivity index (χ3n) is 1.84. The Bertz CT molecular complexity index is 230. The number of carboxylic acids is 1.